The van der Waals surface area contributed by atoms with E-state index in [4.69, 9.17) is 4.74 Å². The van der Waals surface area contributed by atoms with Gasteiger partial charge in [-0.15, -0.1) is 0 Å². The Morgan fingerprint density at radius 1 is 1.38 bits per heavy atom. The molecule has 0 fully saturated rings. The molecular formula is C8H7I2NO2. The van der Waals surface area contributed by atoms with Gasteiger partial charge in [-0.3, -0.25) is 0 Å². The molecule has 0 aliphatic rings. The Labute approximate surface area is 104 Å². The molecule has 13 heavy (non-hydrogen) atoms. The van der Waals surface area contributed by atoms with Gasteiger partial charge in [-0.1, -0.05) is 12.1 Å². The van der Waals surface area contributed by atoms with Crippen LogP contribution < -0.4 is 3.53 Å². The van der Waals surface area contributed by atoms with Crippen LogP contribution in [0.5, 0.6) is 0 Å². The minimum Gasteiger partial charge on any atom is -0.453 e. The number of carbonyl (C=O) groups excluding carboxylic acids is 1. The molecule has 0 aliphatic carbocycles. The summed E-state index contributed by atoms with van der Waals surface area (Å²) in [5.41, 5.74) is 2.02. The molecule has 0 saturated carbocycles. The Morgan fingerprint density at radius 3 is 2.46 bits per heavy atom. The molecule has 1 rings (SSSR count). The molecule has 3 nitrogen and oxygen atoms in total. The Morgan fingerprint density at radius 2 is 2.00 bits per heavy atom. The van der Waals surface area contributed by atoms with Crippen LogP contribution in [-0.2, 0) is 11.3 Å². The number of rotatable bonds is 3. The van der Waals surface area contributed by atoms with E-state index >= 15 is 0 Å². The van der Waals surface area contributed by atoms with Crippen molar-refractivity contribution in [2.45, 2.75) is 6.61 Å². The smallest absolute Gasteiger partial charge is 0.367 e. The fourth-order valence-electron chi connectivity index (χ4n) is 0.804. The lowest BCUT2D eigenvalue weighted by molar-refractivity contribution is 0.172. The van der Waals surface area contributed by atoms with E-state index in [1.165, 1.54) is 0 Å². The van der Waals surface area contributed by atoms with Gasteiger partial charge >= 0.3 is 3.98 Å². The maximum absolute atomic E-state index is 10.5. The number of nitrogens with one attached hydrogen (secondary N) is 1. The average molecular weight is 403 g/mol. The molecule has 0 aliphatic heterocycles. The Kier molecular flexibility index (Phi) is 4.78. The van der Waals surface area contributed by atoms with Gasteiger partial charge in [0.05, 0.1) is 45.5 Å². The second-order valence-electron chi connectivity index (χ2n) is 2.32. The van der Waals surface area contributed by atoms with E-state index in [0.29, 0.717) is 6.61 Å². The third-order valence-electron chi connectivity index (χ3n) is 1.42. The number of hydrogen-bond donors (Lipinski definition) is 1. The average Bonchev–Trinajstić information content (AvgIpc) is 2.15. The van der Waals surface area contributed by atoms with Gasteiger partial charge in [0, 0.05) is 5.69 Å². The number of benzene rings is 1. The summed E-state index contributed by atoms with van der Waals surface area (Å²) in [5, 5.41) is 0. The summed E-state index contributed by atoms with van der Waals surface area (Å²) in [4.78, 5) is 10.5. The summed E-state index contributed by atoms with van der Waals surface area (Å²) in [7, 11) is 0. The first-order valence-corrected chi connectivity index (χ1v) is 5.66. The van der Waals surface area contributed by atoms with Gasteiger partial charge in [-0.05, 0) is 17.7 Å². The third-order valence-corrected chi connectivity index (χ3v) is 2.35. The highest BCUT2D eigenvalue weighted by Crippen LogP contribution is 2.12. The summed E-state index contributed by atoms with van der Waals surface area (Å²) in [6.07, 6.45) is 0. The van der Waals surface area contributed by atoms with Crippen molar-refractivity contribution < 1.29 is 9.53 Å². The summed E-state index contributed by atoms with van der Waals surface area (Å²) < 4.78 is 7.52. The predicted molar refractivity (Wildman–Crippen MR) is 68.3 cm³/mol. The molecule has 1 aromatic carbocycles. The zero-order valence-electron chi connectivity index (χ0n) is 6.59. The number of halogens is 2. The molecule has 5 heteroatoms. The van der Waals surface area contributed by atoms with E-state index in [2.05, 4.69) is 26.4 Å². The molecular weight excluding hydrogens is 396 g/mol. The van der Waals surface area contributed by atoms with Crippen molar-refractivity contribution in [2.24, 2.45) is 0 Å². The van der Waals surface area contributed by atoms with Crippen molar-refractivity contribution in [1.29, 1.82) is 0 Å². The van der Waals surface area contributed by atoms with Crippen LogP contribution in [0.15, 0.2) is 24.3 Å². The summed E-state index contributed by atoms with van der Waals surface area (Å²) in [6, 6.07) is 7.70. The van der Waals surface area contributed by atoms with Gasteiger partial charge in [0.1, 0.15) is 6.61 Å². The first kappa shape index (κ1) is 11.0. The lowest BCUT2D eigenvalue weighted by atomic mass is 10.2. The van der Waals surface area contributed by atoms with E-state index < -0.39 is 0 Å². The molecule has 70 valence electrons. The zero-order valence-corrected chi connectivity index (χ0v) is 10.9. The fourth-order valence-corrected chi connectivity index (χ4v) is 1.32. The minimum absolute atomic E-state index is 0.284. The molecule has 0 amide bonds. The Bertz CT molecular complexity index is 287. The Balaban J connectivity index is 2.54. The number of hydrogen-bond acceptors (Lipinski definition) is 3. The quantitative estimate of drug-likeness (QED) is 0.477. The highest BCUT2D eigenvalue weighted by atomic mass is 127. The van der Waals surface area contributed by atoms with Gasteiger partial charge in [0.25, 0.3) is 0 Å². The summed E-state index contributed by atoms with van der Waals surface area (Å²) >= 11 is 3.67. The fraction of sp³-hybridized carbons (Fsp3) is 0.125. The van der Waals surface area contributed by atoms with Crippen LogP contribution in [0.2, 0.25) is 0 Å². The van der Waals surface area contributed by atoms with Gasteiger partial charge in [-0.2, -0.15) is 0 Å². The highest BCUT2D eigenvalue weighted by molar-refractivity contribution is 14.1. The normalized spacial score (nSPS) is 9.38. The number of anilines is 1. The van der Waals surface area contributed by atoms with Gasteiger partial charge in [-0.25, -0.2) is 4.79 Å². The van der Waals surface area contributed by atoms with Crippen LogP contribution in [0.1, 0.15) is 5.56 Å². The highest BCUT2D eigenvalue weighted by Gasteiger charge is 1.97. The van der Waals surface area contributed by atoms with Crippen molar-refractivity contribution >= 4 is 55.1 Å². The van der Waals surface area contributed by atoms with Gasteiger partial charge < -0.3 is 8.27 Å². The van der Waals surface area contributed by atoms with Crippen molar-refractivity contribution in [3.8, 4) is 0 Å². The molecule has 0 unspecified atom stereocenters. The van der Waals surface area contributed by atoms with Gasteiger partial charge in [0.15, 0.2) is 0 Å². The maximum atomic E-state index is 10.5. The SMILES string of the molecule is O=C(I)OCc1ccc(NI)cc1. The summed E-state index contributed by atoms with van der Waals surface area (Å²) in [6.45, 7) is 0.337. The Hall–Kier alpha value is -0.0500. The van der Waals surface area contributed by atoms with Crippen LogP contribution >= 0.6 is 45.5 Å². The van der Waals surface area contributed by atoms with Crippen molar-refractivity contribution in [1.82, 2.24) is 0 Å². The van der Waals surface area contributed by atoms with Crippen molar-refractivity contribution in [2.75, 3.05) is 3.53 Å². The third kappa shape index (κ3) is 4.12. The van der Waals surface area contributed by atoms with E-state index in [1.54, 1.807) is 22.6 Å². The molecule has 1 N–H and O–H groups in total. The van der Waals surface area contributed by atoms with E-state index in [1.807, 2.05) is 24.3 Å². The van der Waals surface area contributed by atoms with Crippen molar-refractivity contribution in [3.63, 3.8) is 0 Å². The molecule has 0 atom stereocenters. The van der Waals surface area contributed by atoms with Crippen LogP contribution in [0.4, 0.5) is 10.5 Å². The predicted octanol–water partition coefficient (Wildman–Crippen LogP) is 3.52. The zero-order chi connectivity index (χ0) is 9.68. The topological polar surface area (TPSA) is 38.3 Å². The summed E-state index contributed by atoms with van der Waals surface area (Å²) in [5.74, 6) is 0. The standard InChI is InChI=1S/C8H7I2NO2/c9-8(12)13-5-6-1-3-7(11-10)4-2-6/h1-4,11H,5H2. The lowest BCUT2D eigenvalue weighted by Gasteiger charge is -2.02. The number of carbonyl (C=O) groups is 1. The largest absolute Gasteiger partial charge is 0.453 e. The van der Waals surface area contributed by atoms with E-state index in [9.17, 15) is 4.79 Å². The van der Waals surface area contributed by atoms with E-state index in [-0.39, 0.29) is 3.98 Å². The molecule has 0 heterocycles. The molecule has 0 bridgehead atoms. The number of ether oxygens (including phenoxy) is 1. The minimum atomic E-state index is -0.284. The molecule has 0 aromatic heterocycles. The molecule has 0 radical (unpaired) electrons. The second-order valence-corrected chi connectivity index (χ2v) is 3.74. The van der Waals surface area contributed by atoms with Crippen LogP contribution in [-0.4, -0.2) is 3.98 Å². The lowest BCUT2D eigenvalue weighted by Crippen LogP contribution is -1.93. The first-order chi connectivity index (χ1) is 6.22. The van der Waals surface area contributed by atoms with Crippen LogP contribution in [0, 0.1) is 0 Å². The molecule has 0 spiro atoms. The van der Waals surface area contributed by atoms with E-state index in [0.717, 1.165) is 11.3 Å². The monoisotopic (exact) mass is 403 g/mol. The first-order valence-electron chi connectivity index (χ1n) is 3.50. The van der Waals surface area contributed by atoms with Gasteiger partial charge in [0.2, 0.25) is 0 Å². The maximum Gasteiger partial charge on any atom is 0.367 e. The van der Waals surface area contributed by atoms with Crippen molar-refractivity contribution in [3.05, 3.63) is 29.8 Å². The second kappa shape index (κ2) is 5.63. The van der Waals surface area contributed by atoms with Crippen LogP contribution in [0.3, 0.4) is 0 Å². The van der Waals surface area contributed by atoms with Crippen LogP contribution in [0.25, 0.3) is 0 Å². The molecule has 1 aromatic rings. The molecule has 0 saturated heterocycles.